The smallest absolute Gasteiger partial charge is 0.231 e. The number of carbonyl (C=O) groups excluding carboxylic acids is 1. The first-order valence-electron chi connectivity index (χ1n) is 7.64. The number of benzene rings is 2. The number of nitrogens with zero attached hydrogens (tertiary/aromatic N) is 1. The average molecular weight is 411 g/mol. The monoisotopic (exact) mass is 410 g/mol. The maximum Gasteiger partial charge on any atom is 0.231 e. The van der Waals surface area contributed by atoms with Crippen molar-refractivity contribution < 1.29 is 18.0 Å². The van der Waals surface area contributed by atoms with Crippen LogP contribution in [0.15, 0.2) is 48.5 Å². The zero-order valence-electron chi connectivity index (χ0n) is 13.5. The van der Waals surface area contributed by atoms with Gasteiger partial charge in [-0.2, -0.15) is 0 Å². The molecule has 138 valence electrons. The van der Waals surface area contributed by atoms with Gasteiger partial charge in [-0.1, -0.05) is 35.3 Å². The van der Waals surface area contributed by atoms with Crippen molar-refractivity contribution in [3.63, 3.8) is 0 Å². The van der Waals surface area contributed by atoms with Gasteiger partial charge < -0.3 is 5.73 Å². The largest absolute Gasteiger partial charge is 0.369 e. The molecule has 0 bridgehead atoms. The van der Waals surface area contributed by atoms with Gasteiger partial charge in [-0.15, -0.1) is 0 Å². The number of amides is 1. The van der Waals surface area contributed by atoms with Crippen LogP contribution in [0.2, 0.25) is 10.0 Å². The number of hydrogen-bond acceptors (Lipinski definition) is 2. The third-order valence-electron chi connectivity index (χ3n) is 3.92. The lowest BCUT2D eigenvalue weighted by atomic mass is 9.93. The SMILES string of the molecule is NC(=O)C(c1cccc(-c2cc(F)c(F)c(F)c2)n1)c1c(Cl)cccc1Cl. The minimum absolute atomic E-state index is 0.00160. The highest BCUT2D eigenvalue weighted by atomic mass is 35.5. The van der Waals surface area contributed by atoms with Gasteiger partial charge in [-0.25, -0.2) is 13.2 Å². The Balaban J connectivity index is 2.15. The lowest BCUT2D eigenvalue weighted by Crippen LogP contribution is -2.24. The summed E-state index contributed by atoms with van der Waals surface area (Å²) in [5, 5.41) is 0.440. The molecule has 2 aromatic carbocycles. The summed E-state index contributed by atoms with van der Waals surface area (Å²) in [6.45, 7) is 0. The maximum atomic E-state index is 13.5. The van der Waals surface area contributed by atoms with E-state index in [0.29, 0.717) is 0 Å². The van der Waals surface area contributed by atoms with Gasteiger partial charge in [-0.3, -0.25) is 9.78 Å². The van der Waals surface area contributed by atoms with E-state index in [2.05, 4.69) is 4.98 Å². The standard InChI is InChI=1S/C19H11Cl2F3N2O/c20-10-3-1-4-11(21)16(10)17(19(25)27)15-6-2-5-14(26-15)9-7-12(22)18(24)13(23)8-9/h1-8,17H,(H2,25,27). The molecule has 3 nitrogen and oxygen atoms in total. The quantitative estimate of drug-likeness (QED) is 0.608. The molecule has 8 heteroatoms. The summed E-state index contributed by atoms with van der Waals surface area (Å²) in [5.41, 5.74) is 6.11. The third-order valence-corrected chi connectivity index (χ3v) is 4.58. The molecule has 1 unspecified atom stereocenters. The van der Waals surface area contributed by atoms with Gasteiger partial charge in [0.05, 0.1) is 11.4 Å². The van der Waals surface area contributed by atoms with E-state index in [9.17, 15) is 18.0 Å². The number of nitrogens with two attached hydrogens (primary N) is 1. The second kappa shape index (κ2) is 7.58. The molecule has 1 amide bonds. The number of halogens is 5. The van der Waals surface area contributed by atoms with Gasteiger partial charge in [0.15, 0.2) is 17.5 Å². The third kappa shape index (κ3) is 3.77. The summed E-state index contributed by atoms with van der Waals surface area (Å²) in [6.07, 6.45) is 0. The average Bonchev–Trinajstić information content (AvgIpc) is 2.62. The summed E-state index contributed by atoms with van der Waals surface area (Å²) in [4.78, 5) is 16.4. The van der Waals surface area contributed by atoms with Crippen LogP contribution < -0.4 is 5.73 Å². The molecular weight excluding hydrogens is 400 g/mol. The van der Waals surface area contributed by atoms with Gasteiger partial charge in [0.1, 0.15) is 5.92 Å². The van der Waals surface area contributed by atoms with Crippen molar-refractivity contribution in [3.8, 4) is 11.3 Å². The van der Waals surface area contributed by atoms with Crippen molar-refractivity contribution >= 4 is 29.1 Å². The van der Waals surface area contributed by atoms with Gasteiger partial charge in [0.2, 0.25) is 5.91 Å². The van der Waals surface area contributed by atoms with Crippen LogP contribution in [0, 0.1) is 17.5 Å². The Morgan fingerprint density at radius 3 is 2.07 bits per heavy atom. The van der Waals surface area contributed by atoms with Crippen molar-refractivity contribution in [2.75, 3.05) is 0 Å². The van der Waals surface area contributed by atoms with E-state index in [4.69, 9.17) is 28.9 Å². The molecule has 2 N–H and O–H groups in total. The Bertz CT molecular complexity index is 1000. The molecule has 1 atom stereocenters. The minimum atomic E-state index is -1.58. The number of carbonyl (C=O) groups is 1. The molecule has 0 fully saturated rings. The van der Waals surface area contributed by atoms with Crippen molar-refractivity contribution in [2.24, 2.45) is 5.73 Å². The van der Waals surface area contributed by atoms with E-state index in [1.54, 1.807) is 18.2 Å². The first-order chi connectivity index (χ1) is 12.8. The molecule has 1 heterocycles. The van der Waals surface area contributed by atoms with E-state index in [1.807, 2.05) is 0 Å². The molecule has 27 heavy (non-hydrogen) atoms. The molecular formula is C19H11Cl2F3N2O. The lowest BCUT2D eigenvalue weighted by Gasteiger charge is -2.17. The fraction of sp³-hybridized carbons (Fsp3) is 0.0526. The number of hydrogen-bond donors (Lipinski definition) is 1. The number of aromatic nitrogens is 1. The molecule has 3 rings (SSSR count). The number of rotatable bonds is 4. The first-order valence-corrected chi connectivity index (χ1v) is 8.40. The van der Waals surface area contributed by atoms with Gasteiger partial charge in [0.25, 0.3) is 0 Å². The molecule has 0 aliphatic rings. The molecule has 0 saturated heterocycles. The molecule has 0 aliphatic heterocycles. The zero-order chi connectivity index (χ0) is 19.7. The Kier molecular flexibility index (Phi) is 5.39. The van der Waals surface area contributed by atoms with Gasteiger partial charge in [0, 0.05) is 21.2 Å². The lowest BCUT2D eigenvalue weighted by molar-refractivity contribution is -0.118. The maximum absolute atomic E-state index is 13.5. The van der Waals surface area contributed by atoms with E-state index >= 15 is 0 Å². The Morgan fingerprint density at radius 1 is 0.963 bits per heavy atom. The van der Waals surface area contributed by atoms with Crippen LogP contribution in [-0.2, 0) is 4.79 Å². The molecule has 0 spiro atoms. The van der Waals surface area contributed by atoms with E-state index < -0.39 is 29.3 Å². The molecule has 1 aromatic heterocycles. The summed E-state index contributed by atoms with van der Waals surface area (Å²) >= 11 is 12.3. The van der Waals surface area contributed by atoms with Crippen LogP contribution in [-0.4, -0.2) is 10.9 Å². The number of primary amides is 1. The van der Waals surface area contributed by atoms with Crippen LogP contribution in [0.3, 0.4) is 0 Å². The Labute approximate surface area is 162 Å². The van der Waals surface area contributed by atoms with E-state index in [0.717, 1.165) is 12.1 Å². The predicted octanol–water partition coefficient (Wildman–Crippen LogP) is 5.09. The highest BCUT2D eigenvalue weighted by Crippen LogP contribution is 2.35. The van der Waals surface area contributed by atoms with Crippen molar-refractivity contribution in [1.82, 2.24) is 4.98 Å². The summed E-state index contributed by atoms with van der Waals surface area (Å²) in [6, 6.07) is 10.8. The van der Waals surface area contributed by atoms with Crippen molar-refractivity contribution in [2.45, 2.75) is 5.92 Å². The van der Waals surface area contributed by atoms with Crippen molar-refractivity contribution in [1.29, 1.82) is 0 Å². The van der Waals surface area contributed by atoms with Gasteiger partial charge in [-0.05, 0) is 36.4 Å². The second-order valence-electron chi connectivity index (χ2n) is 5.67. The van der Waals surface area contributed by atoms with Crippen LogP contribution in [0.1, 0.15) is 17.2 Å². The number of pyridine rings is 1. The fourth-order valence-corrected chi connectivity index (χ4v) is 3.31. The van der Waals surface area contributed by atoms with Crippen LogP contribution in [0.25, 0.3) is 11.3 Å². The summed E-state index contributed by atoms with van der Waals surface area (Å²) < 4.78 is 40.3. The molecule has 0 aliphatic carbocycles. The van der Waals surface area contributed by atoms with E-state index in [1.165, 1.54) is 18.2 Å². The van der Waals surface area contributed by atoms with Crippen molar-refractivity contribution in [3.05, 3.63) is 87.3 Å². The zero-order valence-corrected chi connectivity index (χ0v) is 15.0. The Hall–Kier alpha value is -2.57. The van der Waals surface area contributed by atoms with Crippen LogP contribution >= 0.6 is 23.2 Å². The van der Waals surface area contributed by atoms with Crippen LogP contribution in [0.4, 0.5) is 13.2 Å². The highest BCUT2D eigenvalue weighted by molar-refractivity contribution is 6.36. The molecule has 0 radical (unpaired) electrons. The van der Waals surface area contributed by atoms with Gasteiger partial charge >= 0.3 is 0 Å². The molecule has 3 aromatic rings. The summed E-state index contributed by atoms with van der Waals surface area (Å²) in [5.74, 6) is -6.12. The topological polar surface area (TPSA) is 56.0 Å². The summed E-state index contributed by atoms with van der Waals surface area (Å²) in [7, 11) is 0. The fourth-order valence-electron chi connectivity index (χ4n) is 2.70. The minimum Gasteiger partial charge on any atom is -0.369 e. The molecule has 0 saturated carbocycles. The van der Waals surface area contributed by atoms with E-state index in [-0.39, 0.29) is 32.6 Å². The highest BCUT2D eigenvalue weighted by Gasteiger charge is 2.27. The normalized spacial score (nSPS) is 12.0. The second-order valence-corrected chi connectivity index (χ2v) is 6.49. The Morgan fingerprint density at radius 2 is 1.52 bits per heavy atom. The predicted molar refractivity (Wildman–Crippen MR) is 97.0 cm³/mol. The van der Waals surface area contributed by atoms with Crippen LogP contribution in [0.5, 0.6) is 0 Å². The first kappa shape index (κ1) is 19.2.